The summed E-state index contributed by atoms with van der Waals surface area (Å²) in [5.41, 5.74) is 2.61. The summed E-state index contributed by atoms with van der Waals surface area (Å²) in [7, 11) is -1.23. The molecular formula is C24H27N7O5S. The van der Waals surface area contributed by atoms with Crippen LogP contribution < -0.4 is 14.2 Å². The van der Waals surface area contributed by atoms with Gasteiger partial charge in [-0.25, -0.2) is 8.42 Å². The molecule has 37 heavy (non-hydrogen) atoms. The Morgan fingerprint density at radius 3 is 2.30 bits per heavy atom. The lowest BCUT2D eigenvalue weighted by molar-refractivity contribution is 0.171. The second-order valence-corrected chi connectivity index (χ2v) is 10.4. The number of nitrogens with zero attached hydrogens (tertiary/aromatic N) is 6. The summed E-state index contributed by atoms with van der Waals surface area (Å²) in [6.45, 7) is 4.98. The number of aliphatic hydroxyl groups excluding tert-OH is 1. The summed E-state index contributed by atoms with van der Waals surface area (Å²) in [5, 5.41) is 17.8. The molecule has 0 radical (unpaired) electrons. The fraction of sp³-hybridized carbons (Fsp3) is 0.292. The first-order valence-electron chi connectivity index (χ1n) is 11.2. The minimum absolute atomic E-state index is 0.128. The monoisotopic (exact) mass is 525 g/mol. The highest BCUT2D eigenvalue weighted by atomic mass is 32.2. The Morgan fingerprint density at radius 2 is 1.70 bits per heavy atom. The van der Waals surface area contributed by atoms with E-state index in [1.54, 1.807) is 37.5 Å². The van der Waals surface area contributed by atoms with Crippen LogP contribution in [0, 0.1) is 13.8 Å². The van der Waals surface area contributed by atoms with Gasteiger partial charge < -0.3 is 14.6 Å². The lowest BCUT2D eigenvalue weighted by atomic mass is 10.2. The van der Waals surface area contributed by atoms with Crippen molar-refractivity contribution in [1.82, 2.24) is 29.7 Å². The molecule has 2 atom stereocenters. The summed E-state index contributed by atoms with van der Waals surface area (Å²) in [6.07, 6.45) is 4.64. The van der Waals surface area contributed by atoms with Gasteiger partial charge in [-0.2, -0.15) is 0 Å². The molecule has 2 N–H and O–H groups in total. The van der Waals surface area contributed by atoms with Crippen LogP contribution >= 0.6 is 0 Å². The molecule has 0 fully saturated rings. The van der Waals surface area contributed by atoms with Gasteiger partial charge in [0.25, 0.3) is 0 Å². The van der Waals surface area contributed by atoms with E-state index >= 15 is 0 Å². The average Bonchev–Trinajstić information content (AvgIpc) is 3.29. The van der Waals surface area contributed by atoms with Crippen molar-refractivity contribution in [2.75, 3.05) is 18.9 Å². The third-order valence-corrected chi connectivity index (χ3v) is 7.40. The van der Waals surface area contributed by atoms with Gasteiger partial charge in [0.2, 0.25) is 16.0 Å². The molecule has 1 aromatic carbocycles. The molecule has 1 unspecified atom stereocenters. The van der Waals surface area contributed by atoms with Gasteiger partial charge in [0.1, 0.15) is 28.5 Å². The first-order chi connectivity index (χ1) is 17.7. The van der Waals surface area contributed by atoms with Crippen molar-refractivity contribution in [1.29, 1.82) is 0 Å². The van der Waals surface area contributed by atoms with Crippen LogP contribution in [0.15, 0.2) is 49.1 Å². The third-order valence-electron chi connectivity index (χ3n) is 5.69. The Balaban J connectivity index is 1.83. The quantitative estimate of drug-likeness (QED) is 0.333. The van der Waals surface area contributed by atoms with Crippen molar-refractivity contribution >= 4 is 16.0 Å². The van der Waals surface area contributed by atoms with Gasteiger partial charge in [0, 0.05) is 24.2 Å². The van der Waals surface area contributed by atoms with E-state index in [0.717, 1.165) is 5.56 Å². The number of ether oxygens (including phenoxy) is 2. The third kappa shape index (κ3) is 5.22. The molecule has 0 bridgehead atoms. The van der Waals surface area contributed by atoms with Crippen molar-refractivity contribution in [3.8, 4) is 28.6 Å². The molecule has 0 aliphatic rings. The molecule has 0 aliphatic heterocycles. The van der Waals surface area contributed by atoms with Crippen molar-refractivity contribution in [2.24, 2.45) is 0 Å². The molecule has 3 aromatic heterocycles. The highest BCUT2D eigenvalue weighted by molar-refractivity contribution is 7.93. The predicted molar refractivity (Wildman–Crippen MR) is 136 cm³/mol. The number of aryl methyl sites for hydroxylation is 2. The summed E-state index contributed by atoms with van der Waals surface area (Å²) in [4.78, 5) is 12.4. The van der Waals surface area contributed by atoms with Crippen LogP contribution in [-0.2, 0) is 10.0 Å². The van der Waals surface area contributed by atoms with Crippen molar-refractivity contribution in [2.45, 2.75) is 32.1 Å². The highest BCUT2D eigenvalue weighted by Crippen LogP contribution is 2.38. The van der Waals surface area contributed by atoms with E-state index in [4.69, 9.17) is 9.47 Å². The Bertz CT molecular complexity index is 1480. The number of hydrogen-bond acceptors (Lipinski definition) is 10. The number of rotatable bonds is 9. The van der Waals surface area contributed by atoms with Crippen LogP contribution in [0.25, 0.3) is 17.1 Å². The normalized spacial score (nSPS) is 13.1. The maximum Gasteiger partial charge on any atom is 0.243 e. The highest BCUT2D eigenvalue weighted by Gasteiger charge is 2.33. The van der Waals surface area contributed by atoms with Crippen LogP contribution in [0.4, 0.5) is 5.95 Å². The zero-order chi connectivity index (χ0) is 26.7. The van der Waals surface area contributed by atoms with Gasteiger partial charge in [-0.05, 0) is 44.5 Å². The van der Waals surface area contributed by atoms with Gasteiger partial charge in [0.05, 0.1) is 31.8 Å². The van der Waals surface area contributed by atoms with Crippen LogP contribution in [0.3, 0.4) is 0 Å². The molecule has 13 heteroatoms. The fourth-order valence-electron chi connectivity index (χ4n) is 3.66. The van der Waals surface area contributed by atoms with E-state index in [1.165, 1.54) is 38.1 Å². The molecule has 12 nitrogen and oxygen atoms in total. The Morgan fingerprint density at radius 1 is 1.00 bits per heavy atom. The number of pyridine rings is 1. The number of benzene rings is 1. The summed E-state index contributed by atoms with van der Waals surface area (Å²) in [5.74, 6) is 0.955. The zero-order valence-corrected chi connectivity index (χ0v) is 21.8. The minimum atomic E-state index is -4.21. The number of sulfonamides is 1. The van der Waals surface area contributed by atoms with E-state index in [2.05, 4.69) is 29.9 Å². The van der Waals surface area contributed by atoms with Gasteiger partial charge in [-0.1, -0.05) is 6.07 Å². The van der Waals surface area contributed by atoms with Gasteiger partial charge >= 0.3 is 0 Å². The smallest absolute Gasteiger partial charge is 0.243 e. The van der Waals surface area contributed by atoms with E-state index in [0.29, 0.717) is 34.3 Å². The second-order valence-electron chi connectivity index (χ2n) is 8.32. The SMILES string of the molecule is COc1cccc(OC)c1-n1c(NS(=O)(=O)C(C)[C@@H](O)c2cnc(C)cn2)nnc1-c1cncc(C)c1. The molecule has 3 heterocycles. The minimum Gasteiger partial charge on any atom is -0.494 e. The van der Waals surface area contributed by atoms with Gasteiger partial charge in [-0.15, -0.1) is 10.2 Å². The van der Waals surface area contributed by atoms with E-state index in [1.807, 2.05) is 13.0 Å². The van der Waals surface area contributed by atoms with Crippen molar-refractivity contribution in [3.63, 3.8) is 0 Å². The number of nitrogens with one attached hydrogen (secondary N) is 1. The lowest BCUT2D eigenvalue weighted by Gasteiger charge is -2.21. The zero-order valence-electron chi connectivity index (χ0n) is 20.9. The van der Waals surface area contributed by atoms with E-state index in [-0.39, 0.29) is 11.6 Å². The molecular weight excluding hydrogens is 498 g/mol. The molecule has 0 saturated heterocycles. The van der Waals surface area contributed by atoms with E-state index < -0.39 is 21.4 Å². The van der Waals surface area contributed by atoms with Crippen LogP contribution in [0.5, 0.6) is 11.5 Å². The molecule has 0 spiro atoms. The number of methoxy groups -OCH3 is 2. The Hall–Kier alpha value is -4.10. The number of aromatic nitrogens is 6. The average molecular weight is 526 g/mol. The predicted octanol–water partition coefficient (Wildman–Crippen LogP) is 2.62. The first kappa shape index (κ1) is 26.0. The number of hydrogen-bond donors (Lipinski definition) is 2. The lowest BCUT2D eigenvalue weighted by Crippen LogP contribution is -2.32. The molecule has 0 aliphatic carbocycles. The van der Waals surface area contributed by atoms with Gasteiger partial charge in [-0.3, -0.25) is 24.2 Å². The van der Waals surface area contributed by atoms with Crippen LogP contribution in [0.1, 0.15) is 30.0 Å². The summed E-state index contributed by atoms with van der Waals surface area (Å²) < 4.78 is 41.9. The maximum absolute atomic E-state index is 13.4. The number of para-hydroxylation sites is 1. The maximum atomic E-state index is 13.4. The molecule has 4 aromatic rings. The second kappa shape index (κ2) is 10.5. The van der Waals surface area contributed by atoms with E-state index in [9.17, 15) is 13.5 Å². The summed E-state index contributed by atoms with van der Waals surface area (Å²) >= 11 is 0. The Labute approximate surface area is 214 Å². The number of anilines is 1. The molecule has 0 amide bonds. The number of aliphatic hydroxyl groups is 1. The Kier molecular flexibility index (Phi) is 7.36. The molecule has 194 valence electrons. The molecule has 4 rings (SSSR count). The summed E-state index contributed by atoms with van der Waals surface area (Å²) in [6, 6.07) is 6.99. The van der Waals surface area contributed by atoms with Gasteiger partial charge in [0.15, 0.2) is 5.82 Å². The standard InChI is InChI=1S/C24H27N7O5S/c1-14-9-17(12-25-10-14)23-28-29-24(31(23)21-19(35-4)7-6-8-20(21)36-5)30-37(33,34)16(3)22(32)18-13-26-15(2)11-27-18/h6-13,16,22,32H,1-5H3,(H,29,30)/t16?,22-/m1/s1. The van der Waals surface area contributed by atoms with Crippen molar-refractivity contribution < 1.29 is 23.0 Å². The fourth-order valence-corrected chi connectivity index (χ4v) is 4.72. The molecule has 0 saturated carbocycles. The largest absolute Gasteiger partial charge is 0.494 e. The topological polar surface area (TPSA) is 154 Å². The first-order valence-corrected chi connectivity index (χ1v) is 12.8. The van der Waals surface area contributed by atoms with Crippen LogP contribution in [0.2, 0.25) is 0 Å². The van der Waals surface area contributed by atoms with Crippen molar-refractivity contribution in [3.05, 3.63) is 66.0 Å². The van der Waals surface area contributed by atoms with Crippen LogP contribution in [-0.4, -0.2) is 62.7 Å².